The van der Waals surface area contributed by atoms with Gasteiger partial charge in [-0.05, 0) is 31.1 Å². The van der Waals surface area contributed by atoms with Gasteiger partial charge in [0.15, 0.2) is 0 Å². The Morgan fingerprint density at radius 3 is 1.67 bits per heavy atom. The zero-order valence-electron chi connectivity index (χ0n) is 13.4. The van der Waals surface area contributed by atoms with Crippen LogP contribution in [0.1, 0.15) is 73.1 Å². The Kier molecular flexibility index (Phi) is 19.0. The molecule has 0 heterocycles. The fraction of sp³-hybridized carbons (Fsp3) is 1.00. The summed E-state index contributed by atoms with van der Waals surface area (Å²) in [6.07, 6.45) is 7.07. The second-order valence-electron chi connectivity index (χ2n) is 5.76. The maximum absolute atomic E-state index is 8.29. The monoisotopic (exact) mass is 260 g/mol. The number of ether oxygens (including phenoxy) is 1. The minimum Gasteiger partial charge on any atom is -0.396 e. The highest BCUT2D eigenvalue weighted by atomic mass is 16.5. The second kappa shape index (κ2) is 16.9. The van der Waals surface area contributed by atoms with Crippen LogP contribution in [0.2, 0.25) is 0 Å². The molecule has 0 amide bonds. The van der Waals surface area contributed by atoms with Crippen LogP contribution in [0.15, 0.2) is 0 Å². The van der Waals surface area contributed by atoms with Gasteiger partial charge in [-0.3, -0.25) is 0 Å². The minimum absolute atomic E-state index is 0.361. The minimum atomic E-state index is 0.361. The van der Waals surface area contributed by atoms with Crippen LogP contribution in [0.3, 0.4) is 0 Å². The lowest BCUT2D eigenvalue weighted by molar-refractivity contribution is 0.114. The lowest BCUT2D eigenvalue weighted by atomic mass is 10.1. The average molecular weight is 260 g/mol. The summed E-state index contributed by atoms with van der Waals surface area (Å²) in [4.78, 5) is 0. The lowest BCUT2D eigenvalue weighted by Crippen LogP contribution is -2.02. The third kappa shape index (κ3) is 24.9. The third-order valence-corrected chi connectivity index (χ3v) is 2.69. The van der Waals surface area contributed by atoms with Crippen molar-refractivity contribution >= 4 is 0 Å². The first-order chi connectivity index (χ1) is 8.54. The fourth-order valence-electron chi connectivity index (χ4n) is 1.28. The molecule has 2 nitrogen and oxygen atoms in total. The molecule has 0 fully saturated rings. The largest absolute Gasteiger partial charge is 0.396 e. The van der Waals surface area contributed by atoms with Gasteiger partial charge < -0.3 is 9.84 Å². The van der Waals surface area contributed by atoms with Crippen molar-refractivity contribution in [2.24, 2.45) is 11.8 Å². The van der Waals surface area contributed by atoms with Gasteiger partial charge in [-0.1, -0.05) is 53.9 Å². The van der Waals surface area contributed by atoms with Crippen LogP contribution in [0.25, 0.3) is 0 Å². The molecule has 0 aromatic heterocycles. The molecule has 0 radical (unpaired) electrons. The summed E-state index contributed by atoms with van der Waals surface area (Å²) < 4.78 is 5.46. The van der Waals surface area contributed by atoms with E-state index < -0.39 is 0 Å². The number of unbranched alkanes of at least 4 members (excludes halogenated alkanes) is 3. The highest BCUT2D eigenvalue weighted by molar-refractivity contribution is 4.45. The molecule has 0 saturated carbocycles. The predicted octanol–water partition coefficient (Wildman–Crippen LogP) is 4.65. The van der Waals surface area contributed by atoms with Gasteiger partial charge in [-0.25, -0.2) is 0 Å². The van der Waals surface area contributed by atoms with E-state index in [1.165, 1.54) is 32.1 Å². The summed E-state index contributed by atoms with van der Waals surface area (Å²) in [5, 5.41) is 8.29. The standard InChI is InChI=1S/C10H22O.C6H14O/c1-9(2)5-7-11-8-6-10(3)4;1-2-3-4-5-6-7/h9-10H,5-8H2,1-4H3;7H,2-6H2,1H3. The summed E-state index contributed by atoms with van der Waals surface area (Å²) in [5.74, 6) is 1.54. The van der Waals surface area contributed by atoms with Crippen LogP contribution in [0.5, 0.6) is 0 Å². The molecular weight excluding hydrogens is 224 g/mol. The molecule has 0 atom stereocenters. The molecular formula is C16H36O2. The summed E-state index contributed by atoms with van der Waals surface area (Å²) in [5.41, 5.74) is 0. The Hall–Kier alpha value is -0.0800. The van der Waals surface area contributed by atoms with Gasteiger partial charge in [-0.2, -0.15) is 0 Å². The van der Waals surface area contributed by atoms with E-state index in [2.05, 4.69) is 34.6 Å². The van der Waals surface area contributed by atoms with E-state index in [4.69, 9.17) is 9.84 Å². The van der Waals surface area contributed by atoms with E-state index in [-0.39, 0.29) is 0 Å². The molecule has 18 heavy (non-hydrogen) atoms. The molecule has 0 aliphatic heterocycles. The number of rotatable bonds is 10. The van der Waals surface area contributed by atoms with Crippen molar-refractivity contribution < 1.29 is 9.84 Å². The lowest BCUT2D eigenvalue weighted by Gasteiger charge is -2.07. The van der Waals surface area contributed by atoms with Gasteiger partial charge in [0.25, 0.3) is 0 Å². The van der Waals surface area contributed by atoms with Crippen LogP contribution in [0, 0.1) is 11.8 Å². The topological polar surface area (TPSA) is 29.5 Å². The first-order valence-electron chi connectivity index (χ1n) is 7.73. The summed E-state index contributed by atoms with van der Waals surface area (Å²) in [7, 11) is 0. The fourth-order valence-corrected chi connectivity index (χ4v) is 1.28. The average Bonchev–Trinajstić information content (AvgIpc) is 2.29. The highest BCUT2D eigenvalue weighted by Gasteiger charge is 1.95. The molecule has 0 spiro atoms. The van der Waals surface area contributed by atoms with E-state index in [0.717, 1.165) is 31.5 Å². The molecule has 1 N–H and O–H groups in total. The van der Waals surface area contributed by atoms with Crippen LogP contribution in [-0.2, 0) is 4.74 Å². The molecule has 0 aliphatic carbocycles. The third-order valence-electron chi connectivity index (χ3n) is 2.69. The maximum atomic E-state index is 8.29. The van der Waals surface area contributed by atoms with E-state index in [0.29, 0.717) is 6.61 Å². The van der Waals surface area contributed by atoms with E-state index in [9.17, 15) is 0 Å². The van der Waals surface area contributed by atoms with Crippen molar-refractivity contribution in [2.45, 2.75) is 73.1 Å². The van der Waals surface area contributed by atoms with Gasteiger partial charge in [0.1, 0.15) is 0 Å². The molecule has 0 aliphatic rings. The van der Waals surface area contributed by atoms with Crippen LogP contribution in [-0.4, -0.2) is 24.9 Å². The maximum Gasteiger partial charge on any atom is 0.0468 e. The van der Waals surface area contributed by atoms with Crippen molar-refractivity contribution in [1.82, 2.24) is 0 Å². The second-order valence-corrected chi connectivity index (χ2v) is 5.76. The molecule has 0 aromatic carbocycles. The summed E-state index contributed by atoms with van der Waals surface area (Å²) in [6, 6.07) is 0. The van der Waals surface area contributed by atoms with E-state index in [1.54, 1.807) is 0 Å². The van der Waals surface area contributed by atoms with Gasteiger partial charge in [-0.15, -0.1) is 0 Å². The smallest absolute Gasteiger partial charge is 0.0468 e. The molecule has 0 unspecified atom stereocenters. The van der Waals surface area contributed by atoms with Crippen molar-refractivity contribution in [3.8, 4) is 0 Å². The Bertz CT molecular complexity index is 119. The molecule has 2 heteroatoms. The van der Waals surface area contributed by atoms with Crippen molar-refractivity contribution in [2.75, 3.05) is 19.8 Å². The van der Waals surface area contributed by atoms with Crippen molar-refractivity contribution in [3.05, 3.63) is 0 Å². The van der Waals surface area contributed by atoms with Crippen molar-refractivity contribution in [3.63, 3.8) is 0 Å². The number of hydrogen-bond acceptors (Lipinski definition) is 2. The SMILES string of the molecule is CC(C)CCOCCC(C)C.CCCCCCO. The van der Waals surface area contributed by atoms with Crippen LogP contribution < -0.4 is 0 Å². The predicted molar refractivity (Wildman–Crippen MR) is 81.0 cm³/mol. The Balaban J connectivity index is 0. The molecule has 0 aromatic rings. The first-order valence-corrected chi connectivity index (χ1v) is 7.73. The quantitative estimate of drug-likeness (QED) is 0.579. The molecule has 112 valence electrons. The van der Waals surface area contributed by atoms with E-state index >= 15 is 0 Å². The van der Waals surface area contributed by atoms with Gasteiger partial charge in [0.2, 0.25) is 0 Å². The number of aliphatic hydroxyl groups excluding tert-OH is 1. The number of hydrogen-bond donors (Lipinski definition) is 1. The van der Waals surface area contributed by atoms with Gasteiger partial charge in [0.05, 0.1) is 0 Å². The first kappa shape index (κ1) is 20.2. The number of aliphatic hydroxyl groups is 1. The zero-order valence-corrected chi connectivity index (χ0v) is 13.4. The Morgan fingerprint density at radius 1 is 0.833 bits per heavy atom. The molecule has 0 saturated heterocycles. The summed E-state index contributed by atoms with van der Waals surface area (Å²) >= 11 is 0. The Morgan fingerprint density at radius 2 is 1.33 bits per heavy atom. The molecule has 0 bridgehead atoms. The highest BCUT2D eigenvalue weighted by Crippen LogP contribution is 2.02. The van der Waals surface area contributed by atoms with Gasteiger partial charge in [0, 0.05) is 19.8 Å². The van der Waals surface area contributed by atoms with Crippen LogP contribution >= 0.6 is 0 Å². The normalized spacial score (nSPS) is 10.7. The van der Waals surface area contributed by atoms with E-state index in [1.807, 2.05) is 0 Å². The Labute approximate surface area is 115 Å². The van der Waals surface area contributed by atoms with Gasteiger partial charge >= 0.3 is 0 Å². The van der Waals surface area contributed by atoms with Crippen molar-refractivity contribution in [1.29, 1.82) is 0 Å². The van der Waals surface area contributed by atoms with Crippen LogP contribution in [0.4, 0.5) is 0 Å². The zero-order chi connectivity index (χ0) is 14.2. The summed E-state index contributed by atoms with van der Waals surface area (Å²) in [6.45, 7) is 13.3. The molecule has 0 rings (SSSR count).